The molecule has 9 heteroatoms. The van der Waals surface area contributed by atoms with Crippen molar-refractivity contribution in [2.75, 3.05) is 18.6 Å². The third-order valence-corrected chi connectivity index (χ3v) is 7.40. The molecule has 1 fully saturated rings. The van der Waals surface area contributed by atoms with Crippen LogP contribution in [-0.2, 0) is 16.0 Å². The Bertz CT molecular complexity index is 1580. The lowest BCUT2D eigenvalue weighted by molar-refractivity contribution is -0.132. The first-order chi connectivity index (χ1) is 17.4. The van der Waals surface area contributed by atoms with Crippen LogP contribution in [0.5, 0.6) is 11.5 Å². The quantitative estimate of drug-likeness (QED) is 0.240. The van der Waals surface area contributed by atoms with Gasteiger partial charge in [0.25, 0.3) is 5.78 Å². The maximum atomic E-state index is 13.8. The van der Waals surface area contributed by atoms with Crippen molar-refractivity contribution in [2.24, 2.45) is 0 Å². The van der Waals surface area contributed by atoms with Gasteiger partial charge >= 0.3 is 5.91 Å². The standard InChI is InChI=1S/C27H19FN2O5S/c1-34-18-6-2-14(3-7-18)23-22(24(31)16-4-9-20-15(12-16)10-11-35-20)25(32)26(33)30(23)27-29-19-8-5-17(28)13-21(19)36-27/h2-9,12-13,23,31H,10-11H2,1H3/b24-22+. The van der Waals surface area contributed by atoms with Crippen molar-refractivity contribution in [3.8, 4) is 11.5 Å². The second-order valence-electron chi connectivity index (χ2n) is 8.47. The smallest absolute Gasteiger partial charge is 0.301 e. The fraction of sp³-hybridized carbons (Fsp3) is 0.148. The van der Waals surface area contributed by atoms with Crippen LogP contribution in [0, 0.1) is 5.82 Å². The van der Waals surface area contributed by atoms with E-state index in [-0.39, 0.29) is 16.5 Å². The number of aliphatic hydroxyl groups is 1. The van der Waals surface area contributed by atoms with E-state index in [0.29, 0.717) is 40.1 Å². The van der Waals surface area contributed by atoms with Gasteiger partial charge in [-0.25, -0.2) is 9.37 Å². The van der Waals surface area contributed by atoms with Gasteiger partial charge in [-0.2, -0.15) is 0 Å². The largest absolute Gasteiger partial charge is 0.507 e. The fourth-order valence-electron chi connectivity index (χ4n) is 4.61. The van der Waals surface area contributed by atoms with Crippen LogP contribution in [0.4, 0.5) is 9.52 Å². The Hall–Kier alpha value is -4.24. The molecule has 180 valence electrons. The molecule has 4 aromatic rings. The monoisotopic (exact) mass is 502 g/mol. The van der Waals surface area contributed by atoms with E-state index >= 15 is 0 Å². The third-order valence-electron chi connectivity index (χ3n) is 6.38. The van der Waals surface area contributed by atoms with E-state index in [4.69, 9.17) is 9.47 Å². The number of carbonyl (C=O) groups is 2. The van der Waals surface area contributed by atoms with Crippen LogP contribution in [0.15, 0.2) is 66.2 Å². The van der Waals surface area contributed by atoms with Crippen LogP contribution < -0.4 is 14.4 Å². The van der Waals surface area contributed by atoms with E-state index < -0.39 is 23.5 Å². The number of aliphatic hydroxyl groups excluding tert-OH is 1. The van der Waals surface area contributed by atoms with Gasteiger partial charge in [-0.15, -0.1) is 0 Å². The highest BCUT2D eigenvalue weighted by Gasteiger charge is 2.48. The van der Waals surface area contributed by atoms with Gasteiger partial charge in [-0.05, 0) is 59.7 Å². The number of fused-ring (bicyclic) bond motifs is 2. The predicted molar refractivity (Wildman–Crippen MR) is 133 cm³/mol. The average Bonchev–Trinajstić information content (AvgIpc) is 3.59. The second-order valence-corrected chi connectivity index (χ2v) is 9.48. The minimum absolute atomic E-state index is 0.0468. The van der Waals surface area contributed by atoms with Crippen LogP contribution >= 0.6 is 11.3 Å². The van der Waals surface area contributed by atoms with E-state index in [1.165, 1.54) is 23.1 Å². The highest BCUT2D eigenvalue weighted by molar-refractivity contribution is 7.22. The van der Waals surface area contributed by atoms with Crippen LogP contribution in [0.1, 0.15) is 22.7 Å². The van der Waals surface area contributed by atoms with E-state index in [1.807, 2.05) is 0 Å². The fourth-order valence-corrected chi connectivity index (χ4v) is 5.63. The molecule has 1 aromatic heterocycles. The van der Waals surface area contributed by atoms with Gasteiger partial charge in [-0.1, -0.05) is 23.5 Å². The summed E-state index contributed by atoms with van der Waals surface area (Å²) < 4.78 is 25.2. The molecule has 0 aliphatic carbocycles. The Balaban J connectivity index is 1.54. The molecule has 1 saturated heterocycles. The van der Waals surface area contributed by atoms with Gasteiger partial charge in [0.05, 0.1) is 35.5 Å². The number of nitrogens with zero attached hydrogens (tertiary/aromatic N) is 2. The molecular formula is C27H19FN2O5S. The average molecular weight is 503 g/mol. The summed E-state index contributed by atoms with van der Waals surface area (Å²) >= 11 is 1.10. The Morgan fingerprint density at radius 2 is 1.94 bits per heavy atom. The summed E-state index contributed by atoms with van der Waals surface area (Å²) in [5.74, 6) is -1.01. The molecule has 2 aliphatic rings. The zero-order valence-electron chi connectivity index (χ0n) is 19.0. The summed E-state index contributed by atoms with van der Waals surface area (Å²) in [6, 6.07) is 15.3. The molecule has 0 bridgehead atoms. The number of benzene rings is 3. The SMILES string of the molecule is COc1ccc(C2/C(=C(\O)c3ccc4c(c3)CCO4)C(=O)C(=O)N2c2nc3ccc(F)cc3s2)cc1. The first kappa shape index (κ1) is 22.2. The maximum absolute atomic E-state index is 13.8. The summed E-state index contributed by atoms with van der Waals surface area (Å²) in [5.41, 5.74) is 2.39. The Labute approximate surface area is 209 Å². The van der Waals surface area contributed by atoms with E-state index in [9.17, 15) is 19.1 Å². The third kappa shape index (κ3) is 3.51. The number of amides is 1. The molecule has 0 saturated carbocycles. The molecule has 0 spiro atoms. The van der Waals surface area contributed by atoms with Crippen LogP contribution in [-0.4, -0.2) is 35.5 Å². The molecule has 1 amide bonds. The number of hydrogen-bond acceptors (Lipinski definition) is 7. The number of rotatable bonds is 4. The van der Waals surface area contributed by atoms with Crippen molar-refractivity contribution >= 4 is 44.1 Å². The lowest BCUT2D eigenvalue weighted by atomic mass is 9.94. The van der Waals surface area contributed by atoms with Crippen LogP contribution in [0.2, 0.25) is 0 Å². The molecule has 1 atom stereocenters. The number of anilines is 1. The lowest BCUT2D eigenvalue weighted by Gasteiger charge is -2.23. The number of ketones is 1. The van der Waals surface area contributed by atoms with Gasteiger partial charge in [0.15, 0.2) is 5.13 Å². The van der Waals surface area contributed by atoms with Gasteiger partial charge in [-0.3, -0.25) is 14.5 Å². The van der Waals surface area contributed by atoms with Gasteiger partial charge in [0.2, 0.25) is 0 Å². The Morgan fingerprint density at radius 3 is 2.72 bits per heavy atom. The van der Waals surface area contributed by atoms with Crippen molar-refractivity contribution in [1.29, 1.82) is 0 Å². The molecule has 1 unspecified atom stereocenters. The number of carbonyl (C=O) groups excluding carboxylic acids is 2. The molecule has 36 heavy (non-hydrogen) atoms. The van der Waals surface area contributed by atoms with Gasteiger partial charge in [0, 0.05) is 12.0 Å². The number of methoxy groups -OCH3 is 1. The van der Waals surface area contributed by atoms with Crippen molar-refractivity contribution in [3.63, 3.8) is 0 Å². The molecule has 7 nitrogen and oxygen atoms in total. The van der Waals surface area contributed by atoms with Crippen LogP contribution in [0.25, 0.3) is 16.0 Å². The van der Waals surface area contributed by atoms with Crippen molar-refractivity contribution in [2.45, 2.75) is 12.5 Å². The van der Waals surface area contributed by atoms with Crippen molar-refractivity contribution in [3.05, 3.63) is 88.7 Å². The first-order valence-electron chi connectivity index (χ1n) is 11.2. The number of halogens is 1. The molecule has 0 radical (unpaired) electrons. The van der Waals surface area contributed by atoms with E-state index in [1.54, 1.807) is 49.6 Å². The summed E-state index contributed by atoms with van der Waals surface area (Å²) in [7, 11) is 1.54. The Kier molecular flexibility index (Phi) is 5.22. The highest BCUT2D eigenvalue weighted by Crippen LogP contribution is 2.45. The minimum atomic E-state index is -0.939. The molecule has 3 heterocycles. The minimum Gasteiger partial charge on any atom is -0.507 e. The van der Waals surface area contributed by atoms with E-state index in [2.05, 4.69) is 4.98 Å². The zero-order chi connectivity index (χ0) is 25.0. The van der Waals surface area contributed by atoms with E-state index in [0.717, 1.165) is 22.6 Å². The Morgan fingerprint density at radius 1 is 1.14 bits per heavy atom. The molecule has 3 aromatic carbocycles. The number of Topliss-reactive ketones (excluding diaryl/α,β-unsaturated/α-hetero) is 1. The topological polar surface area (TPSA) is 89.0 Å². The lowest BCUT2D eigenvalue weighted by Crippen LogP contribution is -2.29. The second kappa shape index (κ2) is 8.46. The normalized spacial score (nSPS) is 18.5. The number of ether oxygens (including phenoxy) is 2. The maximum Gasteiger partial charge on any atom is 0.301 e. The first-order valence-corrected chi connectivity index (χ1v) is 12.0. The summed E-state index contributed by atoms with van der Waals surface area (Å²) in [6.07, 6.45) is 0.689. The zero-order valence-corrected chi connectivity index (χ0v) is 19.8. The highest BCUT2D eigenvalue weighted by atomic mass is 32.1. The summed E-state index contributed by atoms with van der Waals surface area (Å²) in [4.78, 5) is 32.5. The number of hydrogen-bond donors (Lipinski definition) is 1. The van der Waals surface area contributed by atoms with Gasteiger partial charge < -0.3 is 14.6 Å². The molecule has 1 N–H and O–H groups in total. The molecule has 6 rings (SSSR count). The van der Waals surface area contributed by atoms with Crippen molar-refractivity contribution < 1.29 is 28.6 Å². The molecule has 2 aliphatic heterocycles. The number of thiazole rings is 1. The van der Waals surface area contributed by atoms with Crippen molar-refractivity contribution in [1.82, 2.24) is 4.98 Å². The van der Waals surface area contributed by atoms with Gasteiger partial charge in [0.1, 0.15) is 23.1 Å². The predicted octanol–water partition coefficient (Wildman–Crippen LogP) is 5.01. The summed E-state index contributed by atoms with van der Waals surface area (Å²) in [5, 5.41) is 11.6. The molecular weight excluding hydrogens is 483 g/mol. The number of aromatic nitrogens is 1. The van der Waals surface area contributed by atoms with Crippen LogP contribution in [0.3, 0.4) is 0 Å². The summed E-state index contributed by atoms with van der Waals surface area (Å²) in [6.45, 7) is 0.550.